The fourth-order valence-electron chi connectivity index (χ4n) is 2.68. The van der Waals surface area contributed by atoms with E-state index in [0.717, 1.165) is 17.7 Å². The molecule has 2 unspecified atom stereocenters. The summed E-state index contributed by atoms with van der Waals surface area (Å²) in [6.07, 6.45) is 1.21. The van der Waals surface area contributed by atoms with E-state index in [4.69, 9.17) is 0 Å². The van der Waals surface area contributed by atoms with Crippen LogP contribution in [0.2, 0.25) is 0 Å². The van der Waals surface area contributed by atoms with Gasteiger partial charge in [0.05, 0.1) is 5.92 Å². The first-order chi connectivity index (χ1) is 9.24. The third kappa shape index (κ3) is 2.41. The minimum atomic E-state index is -0.131. The average molecular weight is 259 g/mol. The van der Waals surface area contributed by atoms with Crippen LogP contribution < -0.4 is 16.0 Å². The normalized spacial score (nSPS) is 25.2. The number of benzene rings is 1. The molecule has 2 heterocycles. The molecular weight excluding hydrogens is 242 g/mol. The van der Waals surface area contributed by atoms with Crippen molar-refractivity contribution in [2.75, 3.05) is 18.4 Å². The second-order valence-corrected chi connectivity index (χ2v) is 5.07. The molecular formula is C14H17N3O2. The number of fused-ring (bicyclic) bond motifs is 1. The third-order valence-electron chi connectivity index (χ3n) is 3.76. The molecule has 2 amide bonds. The van der Waals surface area contributed by atoms with Crippen molar-refractivity contribution in [3.8, 4) is 0 Å². The van der Waals surface area contributed by atoms with Crippen molar-refractivity contribution in [3.05, 3.63) is 29.8 Å². The van der Waals surface area contributed by atoms with Gasteiger partial charge in [-0.25, -0.2) is 0 Å². The minimum absolute atomic E-state index is 0.0404. The SMILES string of the molecule is O=C1CCC(NC(=O)C2CNc3ccccc32)CN1. The quantitative estimate of drug-likeness (QED) is 0.728. The van der Waals surface area contributed by atoms with Crippen molar-refractivity contribution in [2.24, 2.45) is 0 Å². The molecule has 3 N–H and O–H groups in total. The fourth-order valence-corrected chi connectivity index (χ4v) is 2.68. The number of rotatable bonds is 2. The van der Waals surface area contributed by atoms with Gasteiger partial charge in [0.2, 0.25) is 11.8 Å². The van der Waals surface area contributed by atoms with Gasteiger partial charge in [0.15, 0.2) is 0 Å². The lowest BCUT2D eigenvalue weighted by atomic mass is 9.99. The number of piperidine rings is 1. The Hall–Kier alpha value is -2.04. The maximum absolute atomic E-state index is 12.3. The maximum atomic E-state index is 12.3. The van der Waals surface area contributed by atoms with Crippen LogP contribution in [0.15, 0.2) is 24.3 Å². The minimum Gasteiger partial charge on any atom is -0.384 e. The Bertz CT molecular complexity index is 505. The highest BCUT2D eigenvalue weighted by molar-refractivity contribution is 5.88. The molecule has 2 aliphatic rings. The molecule has 19 heavy (non-hydrogen) atoms. The molecule has 0 spiro atoms. The van der Waals surface area contributed by atoms with Gasteiger partial charge in [-0.15, -0.1) is 0 Å². The number of hydrogen-bond donors (Lipinski definition) is 3. The van der Waals surface area contributed by atoms with E-state index >= 15 is 0 Å². The first-order valence-corrected chi connectivity index (χ1v) is 6.64. The predicted molar refractivity (Wildman–Crippen MR) is 71.8 cm³/mol. The Morgan fingerprint density at radius 1 is 1.21 bits per heavy atom. The Labute approximate surface area is 111 Å². The molecule has 0 aliphatic carbocycles. The molecule has 5 nitrogen and oxygen atoms in total. The Morgan fingerprint density at radius 3 is 2.84 bits per heavy atom. The van der Waals surface area contributed by atoms with Crippen molar-refractivity contribution in [3.63, 3.8) is 0 Å². The molecule has 3 rings (SSSR count). The van der Waals surface area contributed by atoms with E-state index in [1.807, 2.05) is 24.3 Å². The second kappa shape index (κ2) is 4.91. The van der Waals surface area contributed by atoms with E-state index in [1.165, 1.54) is 0 Å². The van der Waals surface area contributed by atoms with Gasteiger partial charge in [-0.2, -0.15) is 0 Å². The smallest absolute Gasteiger partial charge is 0.229 e. The zero-order valence-corrected chi connectivity index (χ0v) is 10.6. The van der Waals surface area contributed by atoms with Gasteiger partial charge in [0, 0.05) is 31.2 Å². The Morgan fingerprint density at radius 2 is 2.05 bits per heavy atom. The van der Waals surface area contributed by atoms with E-state index < -0.39 is 0 Å². The zero-order chi connectivity index (χ0) is 13.2. The van der Waals surface area contributed by atoms with Gasteiger partial charge in [-0.1, -0.05) is 18.2 Å². The van der Waals surface area contributed by atoms with Crippen molar-refractivity contribution in [1.29, 1.82) is 0 Å². The summed E-state index contributed by atoms with van der Waals surface area (Å²) in [7, 11) is 0. The lowest BCUT2D eigenvalue weighted by Crippen LogP contribution is -2.49. The number of hydrogen-bond acceptors (Lipinski definition) is 3. The molecule has 5 heteroatoms. The summed E-state index contributed by atoms with van der Waals surface area (Å²) in [5.41, 5.74) is 2.10. The molecule has 100 valence electrons. The largest absolute Gasteiger partial charge is 0.384 e. The lowest BCUT2D eigenvalue weighted by Gasteiger charge is -2.24. The molecule has 1 aromatic carbocycles. The van der Waals surface area contributed by atoms with Crippen LogP contribution in [0.5, 0.6) is 0 Å². The van der Waals surface area contributed by atoms with Crippen LogP contribution in [-0.2, 0) is 9.59 Å². The highest BCUT2D eigenvalue weighted by Gasteiger charge is 2.30. The monoisotopic (exact) mass is 259 g/mol. The van der Waals surface area contributed by atoms with Crippen LogP contribution in [0.1, 0.15) is 24.3 Å². The van der Waals surface area contributed by atoms with Crippen molar-refractivity contribution >= 4 is 17.5 Å². The Kier molecular flexibility index (Phi) is 3.11. The van der Waals surface area contributed by atoms with E-state index in [2.05, 4.69) is 16.0 Å². The van der Waals surface area contributed by atoms with Crippen LogP contribution in [0.25, 0.3) is 0 Å². The van der Waals surface area contributed by atoms with E-state index in [9.17, 15) is 9.59 Å². The van der Waals surface area contributed by atoms with Crippen molar-refractivity contribution in [2.45, 2.75) is 24.8 Å². The van der Waals surface area contributed by atoms with E-state index in [0.29, 0.717) is 19.5 Å². The van der Waals surface area contributed by atoms with E-state index in [1.54, 1.807) is 0 Å². The number of para-hydroxylation sites is 1. The van der Waals surface area contributed by atoms with Crippen molar-refractivity contribution < 1.29 is 9.59 Å². The summed E-state index contributed by atoms with van der Waals surface area (Å²) in [6.45, 7) is 1.18. The van der Waals surface area contributed by atoms with Gasteiger partial charge in [-0.05, 0) is 18.1 Å². The second-order valence-electron chi connectivity index (χ2n) is 5.07. The average Bonchev–Trinajstić information content (AvgIpc) is 2.85. The fraction of sp³-hybridized carbons (Fsp3) is 0.429. The molecule has 2 atom stereocenters. The van der Waals surface area contributed by atoms with Crippen LogP contribution in [-0.4, -0.2) is 30.9 Å². The molecule has 1 fully saturated rings. The number of amides is 2. The number of nitrogens with one attached hydrogen (secondary N) is 3. The van der Waals surface area contributed by atoms with E-state index in [-0.39, 0.29) is 23.8 Å². The topological polar surface area (TPSA) is 70.2 Å². The third-order valence-corrected chi connectivity index (χ3v) is 3.76. The first-order valence-electron chi connectivity index (χ1n) is 6.64. The molecule has 2 aliphatic heterocycles. The van der Waals surface area contributed by atoms with Crippen molar-refractivity contribution in [1.82, 2.24) is 10.6 Å². The van der Waals surface area contributed by atoms with Gasteiger partial charge in [0.25, 0.3) is 0 Å². The van der Waals surface area contributed by atoms with Gasteiger partial charge >= 0.3 is 0 Å². The van der Waals surface area contributed by atoms with Gasteiger partial charge < -0.3 is 16.0 Å². The van der Waals surface area contributed by atoms with Gasteiger partial charge in [-0.3, -0.25) is 9.59 Å². The molecule has 1 saturated heterocycles. The zero-order valence-electron chi connectivity index (χ0n) is 10.6. The molecule has 0 aromatic heterocycles. The number of carbonyl (C=O) groups is 2. The predicted octanol–water partition coefficient (Wildman–Crippen LogP) is 0.590. The van der Waals surface area contributed by atoms with Gasteiger partial charge in [0.1, 0.15) is 0 Å². The van der Waals surface area contributed by atoms with Crippen LogP contribution >= 0.6 is 0 Å². The summed E-state index contributed by atoms with van der Waals surface area (Å²) in [6, 6.07) is 7.94. The first kappa shape index (κ1) is 12.0. The highest BCUT2D eigenvalue weighted by Crippen LogP contribution is 2.31. The Balaban J connectivity index is 1.64. The standard InChI is InChI=1S/C14H17N3O2/c18-13-6-5-9(7-16-13)17-14(19)11-8-15-12-4-2-1-3-10(11)12/h1-4,9,11,15H,5-8H2,(H,16,18)(H,17,19). The van der Waals surface area contributed by atoms with Crippen LogP contribution in [0.3, 0.4) is 0 Å². The number of anilines is 1. The van der Waals surface area contributed by atoms with Crippen LogP contribution in [0.4, 0.5) is 5.69 Å². The summed E-state index contributed by atoms with van der Waals surface area (Å²) >= 11 is 0. The highest BCUT2D eigenvalue weighted by atomic mass is 16.2. The summed E-state index contributed by atoms with van der Waals surface area (Å²) < 4.78 is 0. The molecule has 0 radical (unpaired) electrons. The summed E-state index contributed by atoms with van der Waals surface area (Å²) in [4.78, 5) is 23.4. The summed E-state index contributed by atoms with van der Waals surface area (Å²) in [5, 5.41) is 9.05. The molecule has 1 aromatic rings. The maximum Gasteiger partial charge on any atom is 0.229 e. The molecule has 0 saturated carbocycles. The van der Waals surface area contributed by atoms with Crippen LogP contribution in [0, 0.1) is 0 Å². The summed E-state index contributed by atoms with van der Waals surface area (Å²) in [5.74, 6) is -0.0224. The molecule has 0 bridgehead atoms. The lowest BCUT2D eigenvalue weighted by molar-refractivity contribution is -0.126. The number of carbonyl (C=O) groups excluding carboxylic acids is 2.